The van der Waals surface area contributed by atoms with Crippen molar-refractivity contribution in [3.63, 3.8) is 0 Å². The normalized spacial score (nSPS) is 34.8. The number of carbonyl (C=O) groups is 3. The number of fused-ring (bicyclic) bond motifs is 1. The molecule has 3 aliphatic heterocycles. The topological polar surface area (TPSA) is 98.2 Å². The van der Waals surface area contributed by atoms with Crippen molar-refractivity contribution in [1.29, 1.82) is 0 Å². The van der Waals surface area contributed by atoms with Gasteiger partial charge in [0.05, 0.1) is 29.2 Å². The highest BCUT2D eigenvalue weighted by atomic mass is 32.2. The van der Waals surface area contributed by atoms with Crippen molar-refractivity contribution in [2.45, 2.75) is 75.0 Å². The average Bonchev–Trinajstić information content (AvgIpc) is 3.26. The maximum absolute atomic E-state index is 14.0. The maximum atomic E-state index is 14.0. The lowest BCUT2D eigenvalue weighted by molar-refractivity contribution is -0.151. The maximum Gasteiger partial charge on any atom is 0.308 e. The number of thioether (sulfide) groups is 1. The molecule has 0 aromatic heterocycles. The Balaban J connectivity index is 2.12. The van der Waals surface area contributed by atoms with E-state index in [0.29, 0.717) is 25.9 Å². The van der Waals surface area contributed by atoms with Gasteiger partial charge in [-0.3, -0.25) is 14.4 Å². The molecule has 6 atom stereocenters. The van der Waals surface area contributed by atoms with Crippen molar-refractivity contribution in [2.24, 2.45) is 17.8 Å². The van der Waals surface area contributed by atoms with Gasteiger partial charge < -0.3 is 20.0 Å². The third-order valence-corrected chi connectivity index (χ3v) is 9.46. The molecular formula is C23H36N2O5S. The van der Waals surface area contributed by atoms with Crippen molar-refractivity contribution < 1.29 is 24.6 Å². The van der Waals surface area contributed by atoms with Gasteiger partial charge in [0, 0.05) is 17.8 Å². The molecule has 0 aromatic carbocycles. The van der Waals surface area contributed by atoms with Gasteiger partial charge in [-0.2, -0.15) is 0 Å². The van der Waals surface area contributed by atoms with Crippen LogP contribution in [0, 0.1) is 17.8 Å². The van der Waals surface area contributed by atoms with Crippen molar-refractivity contribution in [2.75, 3.05) is 19.7 Å². The number of amides is 2. The molecule has 2 bridgehead atoms. The summed E-state index contributed by atoms with van der Waals surface area (Å²) >= 11 is 1.53. The highest BCUT2D eigenvalue weighted by molar-refractivity contribution is 8.02. The summed E-state index contributed by atoms with van der Waals surface area (Å²) in [5.74, 6) is -3.04. The van der Waals surface area contributed by atoms with E-state index in [1.807, 2.05) is 20.8 Å². The molecular weight excluding hydrogens is 416 g/mol. The van der Waals surface area contributed by atoms with Gasteiger partial charge in [0.2, 0.25) is 11.8 Å². The van der Waals surface area contributed by atoms with E-state index in [2.05, 4.69) is 13.5 Å². The van der Waals surface area contributed by atoms with Crippen LogP contribution in [0.25, 0.3) is 0 Å². The Morgan fingerprint density at radius 2 is 2.06 bits per heavy atom. The summed E-state index contributed by atoms with van der Waals surface area (Å²) < 4.78 is -1.32. The first kappa shape index (κ1) is 24.1. The second kappa shape index (κ2) is 8.77. The van der Waals surface area contributed by atoms with E-state index in [9.17, 15) is 24.6 Å². The zero-order chi connectivity index (χ0) is 23.1. The van der Waals surface area contributed by atoms with Gasteiger partial charge >= 0.3 is 5.97 Å². The van der Waals surface area contributed by atoms with E-state index in [1.165, 1.54) is 11.8 Å². The molecule has 3 aliphatic rings. The van der Waals surface area contributed by atoms with Crippen LogP contribution in [0.1, 0.15) is 53.4 Å². The summed E-state index contributed by atoms with van der Waals surface area (Å²) in [4.78, 5) is 43.4. The lowest BCUT2D eigenvalue weighted by Gasteiger charge is -2.40. The third kappa shape index (κ3) is 3.59. The Labute approximate surface area is 189 Å². The highest BCUT2D eigenvalue weighted by Gasteiger charge is 2.78. The molecule has 7 nitrogen and oxygen atoms in total. The first-order chi connectivity index (χ1) is 14.6. The van der Waals surface area contributed by atoms with E-state index in [4.69, 9.17) is 0 Å². The Hall–Kier alpha value is -1.54. The smallest absolute Gasteiger partial charge is 0.308 e. The van der Waals surface area contributed by atoms with Gasteiger partial charge in [0.15, 0.2) is 0 Å². The van der Waals surface area contributed by atoms with Crippen LogP contribution >= 0.6 is 11.8 Å². The molecule has 0 aromatic rings. The third-order valence-electron chi connectivity index (χ3n) is 7.47. The Morgan fingerprint density at radius 1 is 1.39 bits per heavy atom. The SMILES string of the molecule is C=CCN(CCCC)C(=O)C1N([C@@H](CO)C(C)C)C(=O)[C@@H]2[C@@H](C(=O)O)[C@@]3(C)CCC12S3. The predicted octanol–water partition coefficient (Wildman–Crippen LogP) is 2.38. The standard InChI is InChI=1S/C23H36N2O5S/c1-6-8-12-24(11-7-2)20(28)18-23-10-9-22(5,31-23)17(21(29)30)16(23)19(27)25(18)15(13-26)14(3)4/h7,14-18,26H,2,6,8-13H2,1,3-5H3,(H,29,30)/t15-,16-,17-,18?,22+,23?/m0/s1. The van der Waals surface area contributed by atoms with Gasteiger partial charge in [-0.1, -0.05) is 33.3 Å². The van der Waals surface area contributed by atoms with Crippen LogP contribution in [0.4, 0.5) is 0 Å². The minimum atomic E-state index is -0.970. The fourth-order valence-corrected chi connectivity index (χ4v) is 8.30. The van der Waals surface area contributed by atoms with Crippen molar-refractivity contribution in [3.05, 3.63) is 12.7 Å². The number of unbranched alkanes of at least 4 members (excludes halogenated alkanes) is 1. The van der Waals surface area contributed by atoms with Gasteiger partial charge in [-0.25, -0.2) is 0 Å². The monoisotopic (exact) mass is 452 g/mol. The number of rotatable bonds is 10. The highest BCUT2D eigenvalue weighted by Crippen LogP contribution is 2.71. The number of hydrogen-bond acceptors (Lipinski definition) is 5. The van der Waals surface area contributed by atoms with E-state index in [1.54, 1.807) is 15.9 Å². The van der Waals surface area contributed by atoms with Crippen molar-refractivity contribution in [1.82, 2.24) is 9.80 Å². The number of aliphatic carboxylic acids is 1. The van der Waals surface area contributed by atoms with Crippen LogP contribution in [-0.4, -0.2) is 79.1 Å². The molecule has 0 saturated carbocycles. The molecule has 3 rings (SSSR count). The lowest BCUT2D eigenvalue weighted by atomic mass is 9.66. The number of carboxylic acids is 1. The minimum Gasteiger partial charge on any atom is -0.481 e. The zero-order valence-electron chi connectivity index (χ0n) is 19.0. The number of aliphatic hydroxyl groups excluding tert-OH is 1. The number of carbonyl (C=O) groups excluding carboxylic acids is 2. The molecule has 2 N–H and O–H groups in total. The van der Waals surface area contributed by atoms with E-state index in [-0.39, 0.29) is 24.3 Å². The molecule has 174 valence electrons. The molecule has 1 spiro atoms. The molecule has 0 radical (unpaired) electrons. The van der Waals surface area contributed by atoms with Crippen LogP contribution in [0.15, 0.2) is 12.7 Å². The molecule has 2 unspecified atom stereocenters. The lowest BCUT2D eigenvalue weighted by Crippen LogP contribution is -2.58. The first-order valence-corrected chi connectivity index (χ1v) is 12.2. The number of carboxylic acid groups (broad SMARTS) is 1. The van der Waals surface area contributed by atoms with Crippen LogP contribution in [0.5, 0.6) is 0 Å². The van der Waals surface area contributed by atoms with Crippen molar-refractivity contribution >= 4 is 29.5 Å². The summed E-state index contributed by atoms with van der Waals surface area (Å²) in [6.07, 6.45) is 4.76. The van der Waals surface area contributed by atoms with Gasteiger partial charge in [0.1, 0.15) is 6.04 Å². The molecule has 0 aliphatic carbocycles. The second-order valence-electron chi connectivity index (χ2n) is 9.73. The van der Waals surface area contributed by atoms with Gasteiger partial charge in [-0.05, 0) is 32.1 Å². The van der Waals surface area contributed by atoms with Crippen LogP contribution in [0.2, 0.25) is 0 Å². The minimum absolute atomic E-state index is 0.0657. The molecule has 3 heterocycles. The number of likely N-dealkylation sites (tertiary alicyclic amines) is 1. The van der Waals surface area contributed by atoms with Gasteiger partial charge in [0.25, 0.3) is 0 Å². The first-order valence-electron chi connectivity index (χ1n) is 11.3. The Bertz CT molecular complexity index is 758. The number of hydrogen-bond donors (Lipinski definition) is 2. The molecule has 2 amide bonds. The summed E-state index contributed by atoms with van der Waals surface area (Å²) in [6, 6.07) is -1.29. The number of aliphatic hydroxyl groups is 1. The molecule has 31 heavy (non-hydrogen) atoms. The number of nitrogens with zero attached hydrogens (tertiary/aromatic N) is 2. The van der Waals surface area contributed by atoms with E-state index >= 15 is 0 Å². The largest absolute Gasteiger partial charge is 0.481 e. The fourth-order valence-electron chi connectivity index (χ4n) is 5.97. The van der Waals surface area contributed by atoms with Crippen LogP contribution in [0.3, 0.4) is 0 Å². The summed E-state index contributed by atoms with van der Waals surface area (Å²) in [5, 5.41) is 20.2. The van der Waals surface area contributed by atoms with Crippen LogP contribution in [-0.2, 0) is 14.4 Å². The summed E-state index contributed by atoms with van der Waals surface area (Å²) in [6.45, 7) is 12.3. The quantitative estimate of drug-likeness (QED) is 0.494. The van der Waals surface area contributed by atoms with Gasteiger partial charge in [-0.15, -0.1) is 18.3 Å². The summed E-state index contributed by atoms with van der Waals surface area (Å²) in [7, 11) is 0. The summed E-state index contributed by atoms with van der Waals surface area (Å²) in [5.41, 5.74) is 0. The molecule has 3 fully saturated rings. The van der Waals surface area contributed by atoms with Crippen LogP contribution < -0.4 is 0 Å². The molecule has 8 heteroatoms. The van der Waals surface area contributed by atoms with Crippen molar-refractivity contribution in [3.8, 4) is 0 Å². The fraction of sp³-hybridized carbons (Fsp3) is 0.783. The van der Waals surface area contributed by atoms with E-state index in [0.717, 1.165) is 12.8 Å². The average molecular weight is 453 g/mol. The Kier molecular flexibility index (Phi) is 6.82. The molecule has 3 saturated heterocycles. The zero-order valence-corrected chi connectivity index (χ0v) is 19.9. The second-order valence-corrected chi connectivity index (χ2v) is 11.6. The Morgan fingerprint density at radius 3 is 2.58 bits per heavy atom. The van der Waals surface area contributed by atoms with E-state index < -0.39 is 39.4 Å². The predicted molar refractivity (Wildman–Crippen MR) is 121 cm³/mol.